The van der Waals surface area contributed by atoms with Gasteiger partial charge in [0.1, 0.15) is 36.8 Å². The van der Waals surface area contributed by atoms with Crippen LogP contribution in [0, 0.1) is 0 Å². The molecule has 1 fully saturated rings. The number of carbonyl (C=O) groups is 2. The Balaban J connectivity index is 1.19. The number of rotatable bonds is 40. The predicted octanol–water partition coefficient (Wildman–Crippen LogP) is 8.40. The molecule has 0 bridgehead atoms. The summed E-state index contributed by atoms with van der Waals surface area (Å²) < 4.78 is 50.9. The molecule has 67 heavy (non-hydrogen) atoms. The maximum atomic E-state index is 12.6. The molecule has 1 saturated heterocycles. The zero-order chi connectivity index (χ0) is 48.9. The number of anilines is 1. The molecular formula is C45H81N5O15P2. The highest BCUT2D eigenvalue weighted by Gasteiger charge is 2.50. The minimum absolute atomic E-state index is 0.0388. The van der Waals surface area contributed by atoms with Crippen LogP contribution in [0.5, 0.6) is 0 Å². The third-order valence-corrected chi connectivity index (χ3v) is 14.3. The van der Waals surface area contributed by atoms with Crippen molar-refractivity contribution in [1.29, 1.82) is 0 Å². The minimum atomic E-state index is -5.43. The van der Waals surface area contributed by atoms with Gasteiger partial charge in [-0.25, -0.2) is 24.1 Å². The molecule has 7 atom stereocenters. The molecule has 22 heteroatoms. The maximum absolute atomic E-state index is 12.6. The van der Waals surface area contributed by atoms with E-state index >= 15 is 0 Å². The van der Waals surface area contributed by atoms with Crippen molar-refractivity contribution in [1.82, 2.24) is 19.5 Å². The summed E-state index contributed by atoms with van der Waals surface area (Å²) in [6, 6.07) is 0. The summed E-state index contributed by atoms with van der Waals surface area (Å²) in [5, 5.41) is 31.5. The van der Waals surface area contributed by atoms with Crippen LogP contribution in [-0.2, 0) is 41.8 Å². The fraction of sp³-hybridized carbons (Fsp3) is 0.844. The Morgan fingerprint density at radius 1 is 0.716 bits per heavy atom. The van der Waals surface area contributed by atoms with Crippen LogP contribution < -0.4 is 5.73 Å². The standard InChI is InChI=1S/C45H81N5O15P2/c1-2-3-4-5-6-7-8-10-14-17-20-23-26-29-37(52)61-32-35(31-51)62-38(53)30-27-24-21-18-15-12-9-11-13-16-19-22-25-28-36(64-67(59,60)65-66(56,57)58)42-40(54)41(55)45(63-42)50-34-49-39-43(46)47-33-48-44(39)50/h33-36,40-42,45,51,54-55H,2-32H2,1H3,(H,59,60)(H2,46,47,48)(H2,56,57,58)/t35?,36?,40-,41-,42+,45+/m0/s1. The Morgan fingerprint density at radius 2 is 1.21 bits per heavy atom. The van der Waals surface area contributed by atoms with Gasteiger partial charge in [-0.3, -0.25) is 18.7 Å². The fourth-order valence-electron chi connectivity index (χ4n) is 8.35. The van der Waals surface area contributed by atoms with Crippen LogP contribution in [0.25, 0.3) is 11.2 Å². The van der Waals surface area contributed by atoms with E-state index in [2.05, 4.69) is 26.2 Å². The summed E-state index contributed by atoms with van der Waals surface area (Å²) in [7, 11) is -10.8. The largest absolute Gasteiger partial charge is 0.481 e. The van der Waals surface area contributed by atoms with Crippen LogP contribution in [0.2, 0.25) is 0 Å². The second-order valence-electron chi connectivity index (χ2n) is 17.8. The second kappa shape index (κ2) is 33.1. The van der Waals surface area contributed by atoms with E-state index in [-0.39, 0.29) is 42.4 Å². The number of phosphoric ester groups is 1. The Bertz CT molecular complexity index is 1770. The number of phosphoric acid groups is 2. The number of imidazole rings is 1. The number of ether oxygens (including phenoxy) is 3. The van der Waals surface area contributed by atoms with Gasteiger partial charge in [0.25, 0.3) is 0 Å². The highest BCUT2D eigenvalue weighted by Crippen LogP contribution is 2.59. The first kappa shape index (κ1) is 58.7. The highest BCUT2D eigenvalue weighted by molar-refractivity contribution is 7.60. The van der Waals surface area contributed by atoms with E-state index in [1.165, 1.54) is 81.4 Å². The Morgan fingerprint density at radius 3 is 1.72 bits per heavy atom. The first-order valence-corrected chi connectivity index (χ1v) is 27.9. The van der Waals surface area contributed by atoms with Crippen LogP contribution in [-0.4, -0.2) is 105 Å². The lowest BCUT2D eigenvalue weighted by Crippen LogP contribution is -2.39. The Labute approximate surface area is 396 Å². The normalized spacial score (nSPS) is 19.4. The van der Waals surface area contributed by atoms with Crippen molar-refractivity contribution in [2.75, 3.05) is 18.9 Å². The zero-order valence-electron chi connectivity index (χ0n) is 39.7. The van der Waals surface area contributed by atoms with E-state index in [0.717, 1.165) is 83.5 Å². The molecule has 3 unspecified atom stereocenters. The van der Waals surface area contributed by atoms with Crippen molar-refractivity contribution in [2.45, 2.75) is 230 Å². The van der Waals surface area contributed by atoms with Crippen LogP contribution in [0.4, 0.5) is 5.82 Å². The third-order valence-electron chi connectivity index (χ3n) is 12.1. The van der Waals surface area contributed by atoms with Crippen LogP contribution >= 0.6 is 15.6 Å². The van der Waals surface area contributed by atoms with E-state index in [1.54, 1.807) is 0 Å². The summed E-state index contributed by atoms with van der Waals surface area (Å²) in [5.74, 6) is -0.652. The molecule has 2 aromatic rings. The molecule has 1 aliphatic heterocycles. The van der Waals surface area contributed by atoms with Gasteiger partial charge in [-0.15, -0.1) is 0 Å². The summed E-state index contributed by atoms with van der Waals surface area (Å²) in [4.78, 5) is 65.0. The van der Waals surface area contributed by atoms with Gasteiger partial charge in [0.05, 0.1) is 19.0 Å². The molecule has 0 aromatic carbocycles. The van der Waals surface area contributed by atoms with Crippen molar-refractivity contribution in [3.05, 3.63) is 12.7 Å². The van der Waals surface area contributed by atoms with Crippen LogP contribution in [0.15, 0.2) is 12.7 Å². The number of aromatic nitrogens is 4. The first-order chi connectivity index (χ1) is 32.2. The topological polar surface area (TPSA) is 305 Å². The van der Waals surface area contributed by atoms with E-state index in [4.69, 9.17) is 34.3 Å². The van der Waals surface area contributed by atoms with Crippen molar-refractivity contribution in [2.24, 2.45) is 0 Å². The van der Waals surface area contributed by atoms with E-state index in [9.17, 15) is 38.9 Å². The lowest BCUT2D eigenvalue weighted by molar-refractivity contribution is -0.161. The minimum Gasteiger partial charge on any atom is -0.462 e. The number of aliphatic hydroxyl groups excluding tert-OH is 3. The number of hydrogen-bond donors (Lipinski definition) is 7. The van der Waals surface area contributed by atoms with Crippen LogP contribution in [0.1, 0.15) is 199 Å². The van der Waals surface area contributed by atoms with Gasteiger partial charge in [0.2, 0.25) is 0 Å². The molecule has 1 aliphatic rings. The van der Waals surface area contributed by atoms with E-state index in [0.29, 0.717) is 25.7 Å². The highest BCUT2D eigenvalue weighted by atomic mass is 31.3. The molecule has 2 aromatic heterocycles. The Kier molecular flexibility index (Phi) is 29.0. The SMILES string of the molecule is CCCCCCCCCCCCCCCC(=O)OCC(CO)OC(=O)CCCCCCCCCCCCCCCC(OP(=O)(O)OP(=O)(O)O)[C@H]1O[C@@H](n2cnc3c(N)ncnc32)[C@@H](O)[C@@H]1O. The van der Waals surface area contributed by atoms with Crippen molar-refractivity contribution >= 4 is 44.6 Å². The molecule has 0 saturated carbocycles. The van der Waals surface area contributed by atoms with Crippen LogP contribution in [0.3, 0.4) is 0 Å². The zero-order valence-corrected chi connectivity index (χ0v) is 41.4. The molecular weight excluding hydrogens is 912 g/mol. The van der Waals surface area contributed by atoms with E-state index in [1.807, 2.05) is 0 Å². The lowest BCUT2D eigenvalue weighted by Gasteiger charge is -2.27. The molecule has 3 heterocycles. The van der Waals surface area contributed by atoms with Gasteiger partial charge in [-0.05, 0) is 19.3 Å². The number of fused-ring (bicyclic) bond motifs is 1. The smallest absolute Gasteiger partial charge is 0.462 e. The molecule has 20 nitrogen and oxygen atoms in total. The third kappa shape index (κ3) is 24.2. The number of nitrogens with zero attached hydrogens (tertiary/aromatic N) is 4. The quantitative estimate of drug-likeness (QED) is 0.0187. The molecule has 0 spiro atoms. The lowest BCUT2D eigenvalue weighted by atomic mass is 9.99. The molecule has 0 aliphatic carbocycles. The van der Waals surface area contributed by atoms with Crippen molar-refractivity contribution < 1.29 is 71.8 Å². The molecule has 3 rings (SSSR count). The summed E-state index contributed by atoms with van der Waals surface area (Å²) in [6.07, 6.45) is 22.9. The summed E-state index contributed by atoms with van der Waals surface area (Å²) in [6.45, 7) is 1.71. The second-order valence-corrected chi connectivity index (χ2v) is 20.6. The number of carbonyl (C=O) groups excluding carboxylic acids is 2. The number of nitrogens with two attached hydrogens (primary N) is 1. The van der Waals surface area contributed by atoms with Gasteiger partial charge in [0, 0.05) is 12.8 Å². The molecule has 8 N–H and O–H groups in total. The predicted molar refractivity (Wildman–Crippen MR) is 251 cm³/mol. The van der Waals surface area contributed by atoms with Gasteiger partial charge in [0.15, 0.2) is 23.8 Å². The molecule has 0 radical (unpaired) electrons. The molecule has 386 valence electrons. The number of aliphatic hydroxyl groups is 3. The first-order valence-electron chi connectivity index (χ1n) is 24.8. The average molecular weight is 994 g/mol. The van der Waals surface area contributed by atoms with Gasteiger partial charge >= 0.3 is 27.6 Å². The average Bonchev–Trinajstić information content (AvgIpc) is 3.84. The maximum Gasteiger partial charge on any atom is 0.481 e. The monoisotopic (exact) mass is 994 g/mol. The molecule has 0 amide bonds. The van der Waals surface area contributed by atoms with E-state index < -0.39 is 65.0 Å². The number of nitrogen functional groups attached to an aromatic ring is 1. The number of esters is 2. The summed E-state index contributed by atoms with van der Waals surface area (Å²) >= 11 is 0. The number of hydrogen-bond acceptors (Lipinski definition) is 16. The van der Waals surface area contributed by atoms with Gasteiger partial charge in [-0.1, -0.05) is 161 Å². The summed E-state index contributed by atoms with van der Waals surface area (Å²) in [5.41, 5.74) is 6.29. The number of unbranched alkanes of at least 4 members (excludes halogenated alkanes) is 24. The Hall–Kier alpha value is -2.61. The fourth-order valence-corrected chi connectivity index (χ4v) is 10.2. The van der Waals surface area contributed by atoms with Crippen molar-refractivity contribution in [3.63, 3.8) is 0 Å². The van der Waals surface area contributed by atoms with Gasteiger partial charge < -0.3 is 49.9 Å². The van der Waals surface area contributed by atoms with Gasteiger partial charge in [-0.2, -0.15) is 4.31 Å². The van der Waals surface area contributed by atoms with Crippen molar-refractivity contribution in [3.8, 4) is 0 Å².